The van der Waals surface area contributed by atoms with Gasteiger partial charge >= 0.3 is 5.97 Å². The third kappa shape index (κ3) is 4.58. The fraction of sp³-hybridized carbons (Fsp3) is 0.556. The number of aliphatic carboxylic acids is 1. The van der Waals surface area contributed by atoms with E-state index in [0.29, 0.717) is 11.3 Å². The molecule has 1 atom stereocenters. The van der Waals surface area contributed by atoms with Gasteiger partial charge in [0.25, 0.3) is 0 Å². The molecule has 0 rings (SSSR count). The van der Waals surface area contributed by atoms with Crippen molar-refractivity contribution in [3.8, 4) is 6.07 Å². The zero-order chi connectivity index (χ0) is 10.3. The normalized spacial score (nSPS) is 13.5. The summed E-state index contributed by atoms with van der Waals surface area (Å²) in [4.78, 5) is 11.1. The summed E-state index contributed by atoms with van der Waals surface area (Å²) in [5.74, 6) is -0.857. The second kappa shape index (κ2) is 6.55. The van der Waals surface area contributed by atoms with Crippen LogP contribution in [0, 0.1) is 11.3 Å². The Kier molecular flexibility index (Phi) is 6.07. The molecule has 1 unspecified atom stereocenters. The van der Waals surface area contributed by atoms with Gasteiger partial charge in [0.1, 0.15) is 11.3 Å². The van der Waals surface area contributed by atoms with E-state index >= 15 is 0 Å². The summed E-state index contributed by atoms with van der Waals surface area (Å²) in [5.41, 5.74) is 0. The highest BCUT2D eigenvalue weighted by molar-refractivity contribution is 8.04. The van der Waals surface area contributed by atoms with Crippen LogP contribution in [0.5, 0.6) is 0 Å². The van der Waals surface area contributed by atoms with Crippen molar-refractivity contribution in [1.82, 2.24) is 0 Å². The number of thioether (sulfide) groups is 1. The van der Waals surface area contributed by atoms with E-state index in [1.165, 1.54) is 0 Å². The van der Waals surface area contributed by atoms with Crippen LogP contribution in [0.3, 0.4) is 0 Å². The lowest BCUT2D eigenvalue weighted by molar-refractivity contribution is -0.136. The van der Waals surface area contributed by atoms with Crippen molar-refractivity contribution >= 4 is 17.7 Å². The summed E-state index contributed by atoms with van der Waals surface area (Å²) in [6.07, 6.45) is 3.03. The predicted molar refractivity (Wildman–Crippen MR) is 53.3 cm³/mol. The Morgan fingerprint density at radius 3 is 2.62 bits per heavy atom. The van der Waals surface area contributed by atoms with E-state index in [4.69, 9.17) is 10.4 Å². The van der Waals surface area contributed by atoms with Crippen molar-refractivity contribution in [1.29, 1.82) is 5.26 Å². The van der Waals surface area contributed by atoms with E-state index in [1.807, 2.05) is 13.0 Å². The van der Waals surface area contributed by atoms with E-state index < -0.39 is 11.2 Å². The first-order chi connectivity index (χ1) is 6.15. The van der Waals surface area contributed by atoms with Gasteiger partial charge in [-0.1, -0.05) is 19.9 Å². The van der Waals surface area contributed by atoms with Gasteiger partial charge in [-0.2, -0.15) is 5.26 Å². The Bertz CT molecular complexity index is 242. The molecule has 0 saturated heterocycles. The van der Waals surface area contributed by atoms with Gasteiger partial charge in [-0.25, -0.2) is 0 Å². The van der Waals surface area contributed by atoms with Crippen molar-refractivity contribution in [3.05, 3.63) is 11.0 Å². The minimum absolute atomic E-state index is 0.497. The molecule has 0 aliphatic rings. The van der Waals surface area contributed by atoms with Crippen LogP contribution in [0.4, 0.5) is 0 Å². The molecule has 0 heterocycles. The molecule has 0 aromatic rings. The first-order valence-electron chi connectivity index (χ1n) is 4.15. The number of nitrogens with zero attached hydrogens (tertiary/aromatic N) is 1. The number of allylic oxidation sites excluding steroid dienone is 2. The van der Waals surface area contributed by atoms with Crippen molar-refractivity contribution in [3.63, 3.8) is 0 Å². The fourth-order valence-electron chi connectivity index (χ4n) is 0.767. The maximum Gasteiger partial charge on any atom is 0.316 e. The maximum atomic E-state index is 10.6. The van der Waals surface area contributed by atoms with Crippen LogP contribution in [0.1, 0.15) is 26.7 Å². The highest BCUT2D eigenvalue weighted by Crippen LogP contribution is 2.23. The van der Waals surface area contributed by atoms with Crippen molar-refractivity contribution < 1.29 is 9.90 Å². The average Bonchev–Trinajstić information content (AvgIpc) is 2.11. The number of nitriles is 1. The Morgan fingerprint density at radius 2 is 2.31 bits per heavy atom. The molecule has 0 amide bonds. The number of rotatable bonds is 5. The molecule has 0 aliphatic carbocycles. The monoisotopic (exact) mass is 199 g/mol. The Hall–Kier alpha value is -0.950. The van der Waals surface area contributed by atoms with Crippen LogP contribution >= 0.6 is 11.8 Å². The first-order valence-corrected chi connectivity index (χ1v) is 5.03. The van der Waals surface area contributed by atoms with E-state index in [-0.39, 0.29) is 0 Å². The van der Waals surface area contributed by atoms with Crippen LogP contribution in [0.25, 0.3) is 0 Å². The number of carbonyl (C=O) groups is 1. The molecule has 0 spiro atoms. The number of carboxylic acids is 1. The van der Waals surface area contributed by atoms with Gasteiger partial charge in [-0.05, 0) is 12.8 Å². The van der Waals surface area contributed by atoms with Crippen molar-refractivity contribution in [2.45, 2.75) is 31.9 Å². The van der Waals surface area contributed by atoms with Crippen LogP contribution in [0.15, 0.2) is 11.0 Å². The van der Waals surface area contributed by atoms with Crippen molar-refractivity contribution in [2.24, 2.45) is 0 Å². The Labute approximate surface area is 82.4 Å². The van der Waals surface area contributed by atoms with E-state index in [0.717, 1.165) is 18.2 Å². The van der Waals surface area contributed by atoms with Gasteiger partial charge < -0.3 is 5.11 Å². The molecular weight excluding hydrogens is 186 g/mol. The summed E-state index contributed by atoms with van der Waals surface area (Å²) < 4.78 is 0. The topological polar surface area (TPSA) is 61.1 Å². The molecule has 0 bridgehead atoms. The molecule has 4 heteroatoms. The van der Waals surface area contributed by atoms with Crippen molar-refractivity contribution in [2.75, 3.05) is 0 Å². The lowest BCUT2D eigenvalue weighted by Gasteiger charge is -2.07. The largest absolute Gasteiger partial charge is 0.480 e. The molecule has 0 radical (unpaired) electrons. The molecule has 13 heavy (non-hydrogen) atoms. The number of hydrogen-bond donors (Lipinski definition) is 1. The van der Waals surface area contributed by atoms with Gasteiger partial charge in [0.2, 0.25) is 0 Å². The van der Waals surface area contributed by atoms with Crippen LogP contribution < -0.4 is 0 Å². The molecule has 0 fully saturated rings. The summed E-state index contributed by atoms with van der Waals surface area (Å²) in [6, 6.07) is 1.98. The SMILES string of the molecule is CCC=C(C#N)SC(CC)C(=O)O. The fourth-order valence-corrected chi connectivity index (χ4v) is 1.66. The molecule has 0 aromatic carbocycles. The number of hydrogen-bond acceptors (Lipinski definition) is 3. The van der Waals surface area contributed by atoms with Gasteiger partial charge in [-0.3, -0.25) is 4.79 Å². The number of carboxylic acid groups (broad SMARTS) is 1. The van der Waals surface area contributed by atoms with Gasteiger partial charge in [-0.15, -0.1) is 11.8 Å². The predicted octanol–water partition coefficient (Wildman–Crippen LogP) is 2.40. The highest BCUT2D eigenvalue weighted by Gasteiger charge is 2.17. The Balaban J connectivity index is 4.30. The first kappa shape index (κ1) is 12.0. The average molecular weight is 199 g/mol. The van der Waals surface area contributed by atoms with Crippen LogP contribution in [0.2, 0.25) is 0 Å². The molecular formula is C9H13NO2S. The summed E-state index contributed by atoms with van der Waals surface area (Å²) in [5, 5.41) is 16.9. The molecule has 0 aliphatic heterocycles. The van der Waals surface area contributed by atoms with Gasteiger partial charge in [0.05, 0.1) is 4.91 Å². The standard InChI is InChI=1S/C9H13NO2S/c1-3-5-7(6-10)13-8(4-2)9(11)12/h5,8H,3-4H2,1-2H3,(H,11,12). The van der Waals surface area contributed by atoms with Crippen LogP contribution in [-0.4, -0.2) is 16.3 Å². The molecule has 72 valence electrons. The van der Waals surface area contributed by atoms with Gasteiger partial charge in [0, 0.05) is 0 Å². The van der Waals surface area contributed by atoms with E-state index in [2.05, 4.69) is 0 Å². The second-order valence-corrected chi connectivity index (χ2v) is 3.69. The summed E-state index contributed by atoms with van der Waals surface area (Å²) in [7, 11) is 0. The third-order valence-corrected chi connectivity index (χ3v) is 2.75. The lowest BCUT2D eigenvalue weighted by Crippen LogP contribution is -2.14. The minimum Gasteiger partial charge on any atom is -0.480 e. The molecule has 1 N–H and O–H groups in total. The smallest absolute Gasteiger partial charge is 0.316 e. The minimum atomic E-state index is -0.857. The maximum absolute atomic E-state index is 10.6. The summed E-state index contributed by atoms with van der Waals surface area (Å²) >= 11 is 1.12. The van der Waals surface area contributed by atoms with Gasteiger partial charge in [0.15, 0.2) is 0 Å². The molecule has 3 nitrogen and oxygen atoms in total. The van der Waals surface area contributed by atoms with E-state index in [1.54, 1.807) is 13.0 Å². The zero-order valence-electron chi connectivity index (χ0n) is 7.78. The molecule has 0 aromatic heterocycles. The highest BCUT2D eigenvalue weighted by atomic mass is 32.2. The van der Waals surface area contributed by atoms with E-state index in [9.17, 15) is 4.79 Å². The Morgan fingerprint density at radius 1 is 1.69 bits per heavy atom. The molecule has 0 saturated carbocycles. The quantitative estimate of drug-likeness (QED) is 0.691. The third-order valence-electron chi connectivity index (χ3n) is 1.42. The summed E-state index contributed by atoms with van der Waals surface area (Å²) in [6.45, 7) is 3.71. The zero-order valence-corrected chi connectivity index (χ0v) is 8.60. The van der Waals surface area contributed by atoms with Crippen LogP contribution in [-0.2, 0) is 4.79 Å². The lowest BCUT2D eigenvalue weighted by atomic mass is 10.3. The second-order valence-electron chi connectivity index (χ2n) is 2.44.